The summed E-state index contributed by atoms with van der Waals surface area (Å²) in [5.41, 5.74) is 1.07. The van der Waals surface area contributed by atoms with Crippen LogP contribution in [0.4, 0.5) is 0 Å². The minimum absolute atomic E-state index is 0.491. The van der Waals surface area contributed by atoms with Gasteiger partial charge in [-0.3, -0.25) is 0 Å². The van der Waals surface area contributed by atoms with Crippen LogP contribution in [0.5, 0.6) is 0 Å². The highest BCUT2D eigenvalue weighted by Crippen LogP contribution is 2.20. The third-order valence-corrected chi connectivity index (χ3v) is 3.39. The van der Waals surface area contributed by atoms with Crippen molar-refractivity contribution in [3.05, 3.63) is 29.0 Å². The van der Waals surface area contributed by atoms with Gasteiger partial charge in [-0.1, -0.05) is 29.4 Å². The van der Waals surface area contributed by atoms with Gasteiger partial charge in [0, 0.05) is 25.0 Å². The summed E-state index contributed by atoms with van der Waals surface area (Å²) in [5.74, 6) is 0.974. The van der Waals surface area contributed by atoms with Crippen molar-refractivity contribution in [3.8, 4) is 6.19 Å². The van der Waals surface area contributed by atoms with Gasteiger partial charge in [0.15, 0.2) is 5.17 Å². The van der Waals surface area contributed by atoms with Crippen molar-refractivity contribution >= 4 is 28.5 Å². The number of aliphatic imine (C=N–C) groups is 1. The molecule has 2 heterocycles. The van der Waals surface area contributed by atoms with Crippen LogP contribution in [0.15, 0.2) is 23.3 Å². The number of hydrogen-bond acceptors (Lipinski definition) is 4. The third kappa shape index (κ3) is 2.65. The van der Waals surface area contributed by atoms with Crippen LogP contribution < -0.4 is 0 Å². The zero-order chi connectivity index (χ0) is 11.4. The van der Waals surface area contributed by atoms with Gasteiger partial charge in [0.05, 0.1) is 0 Å². The topological polar surface area (TPSA) is 52.3 Å². The van der Waals surface area contributed by atoms with Crippen LogP contribution in [0.3, 0.4) is 0 Å². The van der Waals surface area contributed by atoms with E-state index in [1.807, 2.05) is 12.3 Å². The van der Waals surface area contributed by atoms with E-state index in [0.29, 0.717) is 5.15 Å². The second kappa shape index (κ2) is 5.19. The summed E-state index contributed by atoms with van der Waals surface area (Å²) in [5, 5.41) is 9.82. The van der Waals surface area contributed by atoms with Crippen molar-refractivity contribution in [2.45, 2.75) is 6.54 Å². The van der Waals surface area contributed by atoms with Crippen LogP contribution in [0, 0.1) is 11.5 Å². The molecular weight excluding hydrogens is 250 g/mol. The summed E-state index contributed by atoms with van der Waals surface area (Å²) in [6.45, 7) is 1.63. The zero-order valence-corrected chi connectivity index (χ0v) is 10.0. The molecule has 6 heteroatoms. The molecule has 1 aromatic rings. The zero-order valence-electron chi connectivity index (χ0n) is 8.43. The number of hydrogen-bond donors (Lipinski definition) is 0. The lowest BCUT2D eigenvalue weighted by Gasteiger charge is -2.16. The number of nitriles is 1. The van der Waals surface area contributed by atoms with Crippen molar-refractivity contribution in [2.24, 2.45) is 4.99 Å². The van der Waals surface area contributed by atoms with E-state index in [1.54, 1.807) is 24.0 Å². The van der Waals surface area contributed by atoms with Crippen LogP contribution in [-0.4, -0.2) is 27.3 Å². The maximum Gasteiger partial charge on any atom is 0.208 e. The Morgan fingerprint density at radius 3 is 3.19 bits per heavy atom. The fourth-order valence-corrected chi connectivity index (χ4v) is 2.50. The minimum Gasteiger partial charge on any atom is -0.345 e. The fourth-order valence-electron chi connectivity index (χ4n) is 1.45. The van der Waals surface area contributed by atoms with Crippen LogP contribution in [0.2, 0.25) is 5.15 Å². The van der Waals surface area contributed by atoms with Crippen molar-refractivity contribution in [1.82, 2.24) is 9.88 Å². The number of halogens is 1. The smallest absolute Gasteiger partial charge is 0.208 e. The van der Waals surface area contributed by atoms with E-state index in [0.717, 1.165) is 29.6 Å². The predicted octanol–water partition coefficient (Wildman–Crippen LogP) is 2.12. The van der Waals surface area contributed by atoms with E-state index in [9.17, 15) is 0 Å². The average molecular weight is 259 g/mol. The predicted molar refractivity (Wildman–Crippen MR) is 65.2 cm³/mol. The summed E-state index contributed by atoms with van der Waals surface area (Å²) in [6, 6.07) is 3.70. The lowest BCUT2D eigenvalue weighted by atomic mass is 10.7. The highest BCUT2D eigenvalue weighted by molar-refractivity contribution is 8.14. The van der Waals surface area contributed by atoms with E-state index in [-0.39, 0.29) is 0 Å². The first kappa shape index (κ1) is 11.2. The van der Waals surface area contributed by atoms with Gasteiger partial charge in [-0.15, -0.1) is 4.99 Å². The second-order valence-electron chi connectivity index (χ2n) is 3.25. The van der Waals surface area contributed by atoms with Gasteiger partial charge < -0.3 is 4.90 Å². The first-order valence-corrected chi connectivity index (χ1v) is 6.11. The lowest BCUT2D eigenvalue weighted by molar-refractivity contribution is 0.456. The lowest BCUT2D eigenvalue weighted by Crippen LogP contribution is -2.23. The molecule has 0 radical (unpaired) electrons. The Hall–Kier alpha value is -1.25. The molecule has 0 spiro atoms. The molecular formula is C10H9ClN4S. The maximum atomic E-state index is 8.54. The van der Waals surface area contributed by atoms with Gasteiger partial charge in [0.1, 0.15) is 5.15 Å². The molecule has 0 bridgehead atoms. The monoisotopic (exact) mass is 258 g/mol. The molecule has 1 aliphatic heterocycles. The number of rotatable bonds is 2. The first-order valence-electron chi connectivity index (χ1n) is 4.74. The minimum atomic E-state index is 0.491. The molecule has 1 aromatic heterocycles. The molecule has 0 N–H and O–H groups in total. The SMILES string of the molecule is N#CN=C1SCCN1[13CH2][13c]1[13cH][13cH][13c](Cl)n[13cH]1. The summed E-state index contributed by atoms with van der Waals surface area (Å²) >= 11 is 7.32. The highest BCUT2D eigenvalue weighted by atomic mass is 35.5. The van der Waals surface area contributed by atoms with Crippen molar-refractivity contribution in [3.63, 3.8) is 0 Å². The molecule has 1 fully saturated rings. The van der Waals surface area contributed by atoms with Gasteiger partial charge in [0.25, 0.3) is 0 Å². The van der Waals surface area contributed by atoms with E-state index in [4.69, 9.17) is 16.9 Å². The van der Waals surface area contributed by atoms with Crippen molar-refractivity contribution in [2.75, 3.05) is 12.3 Å². The molecule has 0 unspecified atom stereocenters. The highest BCUT2D eigenvalue weighted by Gasteiger charge is 2.19. The molecule has 0 amide bonds. The number of pyridine rings is 1. The number of nitrogens with zero attached hydrogens (tertiary/aromatic N) is 4. The van der Waals surface area contributed by atoms with E-state index >= 15 is 0 Å². The number of aromatic nitrogens is 1. The second-order valence-corrected chi connectivity index (χ2v) is 4.70. The number of thioether (sulfide) groups is 1. The van der Waals surface area contributed by atoms with E-state index < -0.39 is 0 Å². The molecule has 0 saturated carbocycles. The Balaban J connectivity index is 2.07. The van der Waals surface area contributed by atoms with Crippen molar-refractivity contribution in [1.29, 1.82) is 5.26 Å². The van der Waals surface area contributed by atoms with E-state index in [1.165, 1.54) is 0 Å². The van der Waals surface area contributed by atoms with Gasteiger partial charge in [-0.25, -0.2) is 4.98 Å². The molecule has 82 valence electrons. The van der Waals surface area contributed by atoms with Crippen LogP contribution >= 0.6 is 23.4 Å². The average Bonchev–Trinajstić information content (AvgIpc) is 2.70. The molecule has 16 heavy (non-hydrogen) atoms. The van der Waals surface area contributed by atoms with Crippen LogP contribution in [0.25, 0.3) is 0 Å². The van der Waals surface area contributed by atoms with Gasteiger partial charge in [-0.05, 0) is 11.6 Å². The Kier molecular flexibility index (Phi) is 3.65. The van der Waals surface area contributed by atoms with Crippen LogP contribution in [0.1, 0.15) is 5.56 Å². The Labute approximate surface area is 103 Å². The Bertz CT molecular complexity index is 437. The molecule has 4 nitrogen and oxygen atoms in total. The first-order chi connectivity index (χ1) is 7.79. The van der Waals surface area contributed by atoms with Crippen LogP contribution in [-0.2, 0) is 6.54 Å². The molecule has 1 saturated heterocycles. The fraction of sp³-hybridized carbons (Fsp3) is 0.300. The maximum absolute atomic E-state index is 8.54. The number of amidine groups is 1. The molecule has 0 atom stereocenters. The van der Waals surface area contributed by atoms with Gasteiger partial charge in [-0.2, -0.15) is 5.26 Å². The molecule has 0 aliphatic carbocycles. The summed E-state index contributed by atoms with van der Waals surface area (Å²) in [4.78, 5) is 9.87. The third-order valence-electron chi connectivity index (χ3n) is 2.17. The molecule has 1 aliphatic rings. The van der Waals surface area contributed by atoms with Gasteiger partial charge in [0.2, 0.25) is 6.19 Å². The Morgan fingerprint density at radius 2 is 2.50 bits per heavy atom. The quantitative estimate of drug-likeness (QED) is 0.463. The summed E-state index contributed by atoms with van der Waals surface area (Å²) in [6.07, 6.45) is 3.57. The molecule has 2 rings (SSSR count). The van der Waals surface area contributed by atoms with Crippen molar-refractivity contribution < 1.29 is 0 Å². The standard InChI is InChI=1S/C10H9ClN4S/c11-9-2-1-8(5-13-9)6-15-3-4-16-10(15)14-7-12/h1-2,5H,3-4,6H2/i1+1,2+1,5+1,6+1,8+1,9+1. The molecule has 0 aromatic carbocycles. The van der Waals surface area contributed by atoms with Gasteiger partial charge >= 0.3 is 0 Å². The largest absolute Gasteiger partial charge is 0.345 e. The normalized spacial score (nSPS) is 17.8. The summed E-state index contributed by atoms with van der Waals surface area (Å²) < 4.78 is 0. The summed E-state index contributed by atoms with van der Waals surface area (Å²) in [7, 11) is 0. The van der Waals surface area contributed by atoms with E-state index in [2.05, 4.69) is 14.9 Å². The Morgan fingerprint density at radius 1 is 1.62 bits per heavy atom.